The number of halogens is 4. The van der Waals surface area contributed by atoms with Gasteiger partial charge in [-0.05, 0) is 31.3 Å². The van der Waals surface area contributed by atoms with Crippen molar-refractivity contribution in [2.24, 2.45) is 5.41 Å². The van der Waals surface area contributed by atoms with Crippen LogP contribution in [0.1, 0.15) is 30.7 Å². The molecule has 9 heteroatoms. The molecule has 1 aromatic rings. The molecular weight excluding hydrogens is 333 g/mol. The van der Waals surface area contributed by atoms with Crippen LogP contribution in [0.15, 0.2) is 12.4 Å². The van der Waals surface area contributed by atoms with Crippen molar-refractivity contribution in [3.63, 3.8) is 0 Å². The van der Waals surface area contributed by atoms with E-state index in [4.69, 9.17) is 0 Å². The quantitative estimate of drug-likeness (QED) is 0.886. The van der Waals surface area contributed by atoms with Crippen molar-refractivity contribution in [1.29, 1.82) is 0 Å². The number of hydrogen-bond donors (Lipinski definition) is 1. The third kappa shape index (κ3) is 3.92. The SMILES string of the molecule is Cl.O=C1CC2(CCNCC2)CN1Cc1cnc(C(F)(F)F)nc1. The maximum atomic E-state index is 12.4. The van der Waals surface area contributed by atoms with Crippen LogP contribution in [-0.2, 0) is 17.5 Å². The third-order valence-electron chi connectivity index (χ3n) is 4.40. The van der Waals surface area contributed by atoms with Crippen molar-refractivity contribution in [2.75, 3.05) is 19.6 Å². The number of hydrogen-bond acceptors (Lipinski definition) is 4. The Morgan fingerprint density at radius 2 is 1.83 bits per heavy atom. The van der Waals surface area contributed by atoms with Gasteiger partial charge in [0.1, 0.15) is 0 Å². The lowest BCUT2D eigenvalue weighted by atomic mass is 9.78. The van der Waals surface area contributed by atoms with Gasteiger partial charge in [-0.2, -0.15) is 13.2 Å². The highest BCUT2D eigenvalue weighted by Gasteiger charge is 2.43. The zero-order valence-electron chi connectivity index (χ0n) is 12.4. The molecule has 128 valence electrons. The number of likely N-dealkylation sites (tertiary alicyclic amines) is 1. The molecule has 3 heterocycles. The first-order valence-electron chi connectivity index (χ1n) is 7.25. The van der Waals surface area contributed by atoms with Crippen LogP contribution in [0.25, 0.3) is 0 Å². The van der Waals surface area contributed by atoms with Crippen LogP contribution < -0.4 is 5.32 Å². The van der Waals surface area contributed by atoms with E-state index in [2.05, 4.69) is 15.3 Å². The Morgan fingerprint density at radius 3 is 2.39 bits per heavy atom. The van der Waals surface area contributed by atoms with E-state index < -0.39 is 12.0 Å². The summed E-state index contributed by atoms with van der Waals surface area (Å²) >= 11 is 0. The van der Waals surface area contributed by atoms with E-state index in [0.29, 0.717) is 18.5 Å². The minimum Gasteiger partial charge on any atom is -0.338 e. The van der Waals surface area contributed by atoms with Crippen molar-refractivity contribution in [1.82, 2.24) is 20.2 Å². The minimum atomic E-state index is -4.54. The second-order valence-electron chi connectivity index (χ2n) is 6.09. The van der Waals surface area contributed by atoms with Crippen LogP contribution in [0.3, 0.4) is 0 Å². The van der Waals surface area contributed by atoms with E-state index in [1.807, 2.05) is 0 Å². The largest absolute Gasteiger partial charge is 0.451 e. The summed E-state index contributed by atoms with van der Waals surface area (Å²) in [5.74, 6) is -1.10. The highest BCUT2D eigenvalue weighted by molar-refractivity contribution is 5.85. The number of piperidine rings is 1. The molecule has 0 aliphatic carbocycles. The number of alkyl halides is 3. The summed E-state index contributed by atoms with van der Waals surface area (Å²) in [4.78, 5) is 20.5. The molecule has 2 aliphatic heterocycles. The van der Waals surface area contributed by atoms with Gasteiger partial charge in [0, 0.05) is 37.5 Å². The van der Waals surface area contributed by atoms with E-state index in [1.165, 1.54) is 0 Å². The third-order valence-corrected chi connectivity index (χ3v) is 4.40. The number of amides is 1. The fraction of sp³-hybridized carbons (Fsp3) is 0.643. The molecule has 0 atom stereocenters. The van der Waals surface area contributed by atoms with E-state index in [0.717, 1.165) is 38.3 Å². The molecule has 5 nitrogen and oxygen atoms in total. The number of nitrogens with one attached hydrogen (secondary N) is 1. The van der Waals surface area contributed by atoms with Crippen LogP contribution >= 0.6 is 12.4 Å². The van der Waals surface area contributed by atoms with E-state index in [-0.39, 0.29) is 30.3 Å². The molecule has 23 heavy (non-hydrogen) atoms. The monoisotopic (exact) mass is 350 g/mol. The van der Waals surface area contributed by atoms with E-state index >= 15 is 0 Å². The van der Waals surface area contributed by atoms with E-state index in [1.54, 1.807) is 4.90 Å². The Morgan fingerprint density at radius 1 is 1.22 bits per heavy atom. The van der Waals surface area contributed by atoms with Gasteiger partial charge >= 0.3 is 6.18 Å². The van der Waals surface area contributed by atoms with Gasteiger partial charge in [-0.3, -0.25) is 4.79 Å². The second kappa shape index (κ2) is 6.60. The van der Waals surface area contributed by atoms with Gasteiger partial charge < -0.3 is 10.2 Å². The summed E-state index contributed by atoms with van der Waals surface area (Å²) in [5.41, 5.74) is 0.544. The first-order chi connectivity index (χ1) is 10.4. The van der Waals surface area contributed by atoms with Gasteiger partial charge in [-0.25, -0.2) is 9.97 Å². The first-order valence-corrected chi connectivity index (χ1v) is 7.25. The molecule has 0 bridgehead atoms. The Labute approximate surface area is 138 Å². The molecule has 0 unspecified atom stereocenters. The van der Waals surface area contributed by atoms with Gasteiger partial charge in [0.2, 0.25) is 11.7 Å². The normalized spacial score (nSPS) is 20.7. The summed E-state index contributed by atoms with van der Waals surface area (Å²) in [6.45, 7) is 2.75. The van der Waals surface area contributed by atoms with Gasteiger partial charge in [0.15, 0.2) is 0 Å². The summed E-state index contributed by atoms with van der Waals surface area (Å²) < 4.78 is 37.3. The smallest absolute Gasteiger partial charge is 0.338 e. The average molecular weight is 351 g/mol. The summed E-state index contributed by atoms with van der Waals surface area (Å²) in [6, 6.07) is 0. The summed E-state index contributed by atoms with van der Waals surface area (Å²) in [5, 5.41) is 3.28. The summed E-state index contributed by atoms with van der Waals surface area (Å²) in [7, 11) is 0. The molecule has 0 saturated carbocycles. The Balaban J connectivity index is 0.00000192. The zero-order chi connectivity index (χ0) is 15.8. The van der Waals surface area contributed by atoms with Gasteiger partial charge in [0.05, 0.1) is 0 Å². The number of rotatable bonds is 2. The predicted molar refractivity (Wildman–Crippen MR) is 78.9 cm³/mol. The lowest BCUT2D eigenvalue weighted by Gasteiger charge is -2.33. The van der Waals surface area contributed by atoms with Crippen LogP contribution in [0.2, 0.25) is 0 Å². The second-order valence-corrected chi connectivity index (χ2v) is 6.09. The Hall–Kier alpha value is -1.41. The van der Waals surface area contributed by atoms with Gasteiger partial charge in [-0.15, -0.1) is 12.4 Å². The molecule has 2 saturated heterocycles. The standard InChI is InChI=1S/C14H17F3N4O.ClH/c15-14(16,17)12-19-6-10(7-20-12)8-21-9-13(5-11(21)22)1-3-18-4-2-13;/h6-7,18H,1-5,8-9H2;1H. The topological polar surface area (TPSA) is 58.1 Å². The maximum absolute atomic E-state index is 12.4. The summed E-state index contributed by atoms with van der Waals surface area (Å²) in [6.07, 6.45) is 0.196. The van der Waals surface area contributed by atoms with Crippen molar-refractivity contribution in [2.45, 2.75) is 32.0 Å². The highest BCUT2D eigenvalue weighted by Crippen LogP contribution is 2.39. The molecule has 1 amide bonds. The predicted octanol–water partition coefficient (Wildman–Crippen LogP) is 2.02. The van der Waals surface area contributed by atoms with Crippen molar-refractivity contribution in [3.05, 3.63) is 23.8 Å². The van der Waals surface area contributed by atoms with Crippen LogP contribution in [-0.4, -0.2) is 40.4 Å². The fourth-order valence-corrected chi connectivity index (χ4v) is 3.22. The van der Waals surface area contributed by atoms with Gasteiger partial charge in [-0.1, -0.05) is 0 Å². The van der Waals surface area contributed by atoms with Crippen LogP contribution in [0, 0.1) is 5.41 Å². The maximum Gasteiger partial charge on any atom is 0.451 e. The van der Waals surface area contributed by atoms with Crippen molar-refractivity contribution >= 4 is 18.3 Å². The van der Waals surface area contributed by atoms with E-state index in [9.17, 15) is 18.0 Å². The Bertz CT molecular complexity index is 558. The molecule has 3 rings (SSSR count). The lowest BCUT2D eigenvalue weighted by molar-refractivity contribution is -0.145. The molecule has 2 fully saturated rings. The number of carbonyl (C=O) groups excluding carboxylic acids is 1. The zero-order valence-corrected chi connectivity index (χ0v) is 13.2. The number of aromatic nitrogens is 2. The number of carbonyl (C=O) groups is 1. The lowest BCUT2D eigenvalue weighted by Crippen LogP contribution is -2.38. The molecule has 1 N–H and O–H groups in total. The van der Waals surface area contributed by atoms with Crippen molar-refractivity contribution in [3.8, 4) is 0 Å². The Kier molecular flexibility index (Phi) is 5.15. The molecule has 0 aromatic carbocycles. The van der Waals surface area contributed by atoms with Crippen LogP contribution in [0.4, 0.5) is 13.2 Å². The molecule has 1 spiro atoms. The molecule has 1 aromatic heterocycles. The van der Waals surface area contributed by atoms with Gasteiger partial charge in [0.25, 0.3) is 0 Å². The minimum absolute atomic E-state index is 0. The molecular formula is C14H18ClF3N4O. The van der Waals surface area contributed by atoms with Crippen LogP contribution in [0.5, 0.6) is 0 Å². The molecule has 2 aliphatic rings. The molecule has 0 radical (unpaired) electrons. The highest BCUT2D eigenvalue weighted by atomic mass is 35.5. The fourth-order valence-electron chi connectivity index (χ4n) is 3.22. The first kappa shape index (κ1) is 17.9. The average Bonchev–Trinajstić information content (AvgIpc) is 2.75. The number of nitrogens with zero attached hydrogens (tertiary/aromatic N) is 3. The van der Waals surface area contributed by atoms with Crippen molar-refractivity contribution < 1.29 is 18.0 Å².